The summed E-state index contributed by atoms with van der Waals surface area (Å²) >= 11 is 0. The first-order valence-electron chi connectivity index (χ1n) is 11.6. The van der Waals surface area contributed by atoms with Crippen LogP contribution in [0.5, 0.6) is 17.2 Å². The largest absolute Gasteiger partial charge is 0.497 e. The molecule has 0 bridgehead atoms. The monoisotopic (exact) mass is 493 g/mol. The maximum absolute atomic E-state index is 14.1. The van der Waals surface area contributed by atoms with E-state index in [2.05, 4.69) is 0 Å². The molecule has 0 spiro atoms. The second-order valence-corrected chi connectivity index (χ2v) is 8.58. The van der Waals surface area contributed by atoms with E-state index in [0.717, 1.165) is 6.07 Å². The molecule has 1 unspecified atom stereocenters. The maximum Gasteiger partial charge on any atom is 0.295 e. The summed E-state index contributed by atoms with van der Waals surface area (Å²) in [4.78, 5) is 28.9. The summed E-state index contributed by atoms with van der Waals surface area (Å²) in [5.74, 6) is 0.706. The van der Waals surface area contributed by atoms with Gasteiger partial charge >= 0.3 is 0 Å². The molecule has 1 aliphatic heterocycles. The van der Waals surface area contributed by atoms with Crippen molar-refractivity contribution in [1.29, 1.82) is 0 Å². The highest BCUT2D eigenvalue weighted by atomic mass is 19.1. The smallest absolute Gasteiger partial charge is 0.295 e. The molecule has 0 N–H and O–H groups in total. The van der Waals surface area contributed by atoms with Crippen molar-refractivity contribution < 1.29 is 23.1 Å². The summed E-state index contributed by atoms with van der Waals surface area (Å²) in [6, 6.07) is 26.3. The van der Waals surface area contributed by atoms with Gasteiger partial charge in [-0.05, 0) is 72.3 Å². The van der Waals surface area contributed by atoms with Gasteiger partial charge in [-0.3, -0.25) is 14.5 Å². The van der Waals surface area contributed by atoms with Crippen molar-refractivity contribution in [3.63, 3.8) is 0 Å². The fourth-order valence-electron chi connectivity index (χ4n) is 4.64. The van der Waals surface area contributed by atoms with Crippen molar-refractivity contribution in [2.24, 2.45) is 0 Å². The molecule has 0 saturated carbocycles. The molecular formula is C30H20FNO5. The summed E-state index contributed by atoms with van der Waals surface area (Å²) in [7, 11) is 1.56. The van der Waals surface area contributed by atoms with E-state index in [1.807, 2.05) is 36.4 Å². The highest BCUT2D eigenvalue weighted by Gasteiger charge is 2.43. The van der Waals surface area contributed by atoms with Gasteiger partial charge in [0.1, 0.15) is 28.6 Å². The third-order valence-electron chi connectivity index (χ3n) is 6.34. The molecular weight excluding hydrogens is 473 g/mol. The number of hydrogen-bond acceptors (Lipinski definition) is 5. The Morgan fingerprint density at radius 2 is 1.57 bits per heavy atom. The highest BCUT2D eigenvalue weighted by molar-refractivity contribution is 6.10. The fourth-order valence-corrected chi connectivity index (χ4v) is 4.64. The molecule has 0 aliphatic carbocycles. The predicted molar refractivity (Wildman–Crippen MR) is 137 cm³/mol. The first-order valence-corrected chi connectivity index (χ1v) is 11.6. The highest BCUT2D eigenvalue weighted by Crippen LogP contribution is 2.42. The minimum Gasteiger partial charge on any atom is -0.497 e. The minimum absolute atomic E-state index is 0.0701. The number of nitrogens with zero attached hydrogens (tertiary/aromatic N) is 1. The molecule has 0 fully saturated rings. The molecule has 1 aliphatic rings. The third kappa shape index (κ3) is 3.90. The quantitative estimate of drug-likeness (QED) is 0.280. The van der Waals surface area contributed by atoms with Crippen molar-refractivity contribution in [3.05, 3.63) is 130 Å². The van der Waals surface area contributed by atoms with Crippen LogP contribution < -0.4 is 19.8 Å². The first kappa shape index (κ1) is 22.5. The normalized spacial score (nSPS) is 14.6. The van der Waals surface area contributed by atoms with Crippen LogP contribution in [0.2, 0.25) is 0 Å². The van der Waals surface area contributed by atoms with Crippen molar-refractivity contribution in [3.8, 4) is 17.2 Å². The Balaban J connectivity index is 1.54. The van der Waals surface area contributed by atoms with Gasteiger partial charge in [-0.2, -0.15) is 0 Å². The second-order valence-electron chi connectivity index (χ2n) is 8.58. The number of benzene rings is 4. The molecule has 1 atom stereocenters. The molecule has 182 valence electrons. The molecule has 1 amide bonds. The standard InChI is InChI=1S/C30H20FNO5/c1-35-21-13-11-20(12-14-21)32-27(18-6-5-9-23(16-18)36-22-7-3-2-4-8-22)26-28(33)24-17-19(31)10-15-25(24)37-29(26)30(32)34/h2-17,27H,1H3. The maximum atomic E-state index is 14.1. The number of anilines is 1. The van der Waals surface area contributed by atoms with E-state index in [1.54, 1.807) is 49.6 Å². The van der Waals surface area contributed by atoms with Crippen LogP contribution in [0.25, 0.3) is 11.0 Å². The molecule has 37 heavy (non-hydrogen) atoms. The second kappa shape index (κ2) is 8.95. The number of para-hydroxylation sites is 1. The van der Waals surface area contributed by atoms with Gasteiger partial charge in [-0.15, -0.1) is 0 Å². The number of ether oxygens (including phenoxy) is 2. The zero-order chi connectivity index (χ0) is 25.5. The van der Waals surface area contributed by atoms with Gasteiger partial charge in [0.25, 0.3) is 5.91 Å². The zero-order valence-electron chi connectivity index (χ0n) is 19.7. The number of halogens is 1. The van der Waals surface area contributed by atoms with Crippen molar-refractivity contribution in [2.75, 3.05) is 12.0 Å². The number of methoxy groups -OCH3 is 1. The van der Waals surface area contributed by atoms with Crippen molar-refractivity contribution in [2.45, 2.75) is 6.04 Å². The summed E-state index contributed by atoms with van der Waals surface area (Å²) < 4.78 is 31.2. The Kier molecular flexibility index (Phi) is 5.45. The molecule has 7 heteroatoms. The van der Waals surface area contributed by atoms with Crippen LogP contribution in [-0.4, -0.2) is 13.0 Å². The molecule has 6 nitrogen and oxygen atoms in total. The summed E-state index contributed by atoms with van der Waals surface area (Å²) in [6.45, 7) is 0. The summed E-state index contributed by atoms with van der Waals surface area (Å²) in [5, 5.41) is 0.0739. The molecule has 0 radical (unpaired) electrons. The average Bonchev–Trinajstić information content (AvgIpc) is 3.22. The third-order valence-corrected chi connectivity index (χ3v) is 6.34. The number of hydrogen-bond donors (Lipinski definition) is 0. The number of amides is 1. The van der Waals surface area contributed by atoms with Gasteiger partial charge in [0, 0.05) is 5.69 Å². The van der Waals surface area contributed by atoms with Crippen LogP contribution in [0.15, 0.2) is 106 Å². The van der Waals surface area contributed by atoms with Crippen LogP contribution in [0.1, 0.15) is 27.7 Å². The van der Waals surface area contributed by atoms with Crippen LogP contribution in [0.3, 0.4) is 0 Å². The van der Waals surface area contributed by atoms with Gasteiger partial charge in [0.05, 0.1) is 24.1 Å². The number of carbonyl (C=O) groups excluding carboxylic acids is 1. The summed E-state index contributed by atoms with van der Waals surface area (Å²) in [5.41, 5.74) is 1.02. The van der Waals surface area contributed by atoms with E-state index in [9.17, 15) is 14.0 Å². The molecule has 1 aromatic heterocycles. The Hall–Kier alpha value is -4.91. The zero-order valence-corrected chi connectivity index (χ0v) is 19.7. The Bertz CT molecular complexity index is 1700. The lowest BCUT2D eigenvalue weighted by Gasteiger charge is -2.25. The van der Waals surface area contributed by atoms with Gasteiger partial charge in [-0.1, -0.05) is 30.3 Å². The number of rotatable bonds is 5. The van der Waals surface area contributed by atoms with Crippen molar-refractivity contribution >= 4 is 22.6 Å². The first-order chi connectivity index (χ1) is 18.0. The minimum atomic E-state index is -0.820. The Morgan fingerprint density at radius 1 is 0.811 bits per heavy atom. The molecule has 0 saturated heterocycles. The summed E-state index contributed by atoms with van der Waals surface area (Å²) in [6.07, 6.45) is 0. The van der Waals surface area contributed by atoms with E-state index in [0.29, 0.717) is 28.5 Å². The van der Waals surface area contributed by atoms with Crippen LogP contribution in [-0.2, 0) is 0 Å². The topological polar surface area (TPSA) is 69.0 Å². The van der Waals surface area contributed by atoms with Gasteiger partial charge in [0.2, 0.25) is 5.76 Å². The lowest BCUT2D eigenvalue weighted by Crippen LogP contribution is -2.29. The SMILES string of the molecule is COc1ccc(N2C(=O)c3oc4ccc(F)cc4c(=O)c3C2c2cccc(Oc3ccccc3)c2)cc1. The Labute approximate surface area is 211 Å². The lowest BCUT2D eigenvalue weighted by molar-refractivity contribution is 0.0971. The van der Waals surface area contributed by atoms with E-state index < -0.39 is 23.2 Å². The molecule has 6 rings (SSSR count). The van der Waals surface area contributed by atoms with Gasteiger partial charge < -0.3 is 13.9 Å². The number of carbonyl (C=O) groups is 1. The van der Waals surface area contributed by atoms with E-state index in [4.69, 9.17) is 13.9 Å². The van der Waals surface area contributed by atoms with Crippen molar-refractivity contribution in [1.82, 2.24) is 0 Å². The van der Waals surface area contributed by atoms with E-state index in [-0.39, 0.29) is 22.3 Å². The van der Waals surface area contributed by atoms with Crippen LogP contribution in [0.4, 0.5) is 10.1 Å². The molecule has 2 heterocycles. The van der Waals surface area contributed by atoms with Crippen LogP contribution >= 0.6 is 0 Å². The fraction of sp³-hybridized carbons (Fsp3) is 0.0667. The lowest BCUT2D eigenvalue weighted by atomic mass is 9.98. The average molecular weight is 493 g/mol. The van der Waals surface area contributed by atoms with Gasteiger partial charge in [-0.25, -0.2) is 4.39 Å². The number of fused-ring (bicyclic) bond motifs is 2. The van der Waals surface area contributed by atoms with E-state index >= 15 is 0 Å². The van der Waals surface area contributed by atoms with E-state index in [1.165, 1.54) is 17.0 Å². The predicted octanol–water partition coefficient (Wildman–Crippen LogP) is 6.48. The Morgan fingerprint density at radius 3 is 2.32 bits per heavy atom. The van der Waals surface area contributed by atoms with Gasteiger partial charge in [0.15, 0.2) is 5.43 Å². The molecule has 4 aromatic carbocycles. The van der Waals surface area contributed by atoms with Crippen LogP contribution in [0, 0.1) is 5.82 Å². The molecule has 5 aromatic rings.